The van der Waals surface area contributed by atoms with E-state index >= 15 is 0 Å². The Morgan fingerprint density at radius 2 is 1.61 bits per heavy atom. The highest BCUT2D eigenvalue weighted by molar-refractivity contribution is 6.07. The summed E-state index contributed by atoms with van der Waals surface area (Å²) in [5.41, 5.74) is 9.80. The third-order valence-corrected chi connectivity index (χ3v) is 5.99. The van der Waals surface area contributed by atoms with Crippen molar-refractivity contribution >= 4 is 28.9 Å². The Kier molecular flexibility index (Phi) is 6.57. The minimum Gasteiger partial charge on any atom is -0.455 e. The lowest BCUT2D eigenvalue weighted by atomic mass is 9.93. The molecule has 0 fully saturated rings. The predicted molar refractivity (Wildman–Crippen MR) is 137 cm³/mol. The molecule has 4 aromatic rings. The van der Waals surface area contributed by atoms with Crippen molar-refractivity contribution in [3.63, 3.8) is 0 Å². The lowest BCUT2D eigenvalue weighted by Crippen LogP contribution is -2.39. The third-order valence-electron chi connectivity index (χ3n) is 5.99. The van der Waals surface area contributed by atoms with E-state index in [1.54, 1.807) is 23.3 Å². The minimum atomic E-state index is -0.367. The maximum atomic E-state index is 13.4. The van der Waals surface area contributed by atoms with E-state index in [1.165, 1.54) is 6.20 Å². The van der Waals surface area contributed by atoms with Gasteiger partial charge >= 0.3 is 5.91 Å². The summed E-state index contributed by atoms with van der Waals surface area (Å²) in [6, 6.07) is 22.5. The molecule has 2 heterocycles. The molecular formula is C28H25N5O3. The second-order valence-electron chi connectivity index (χ2n) is 8.40. The van der Waals surface area contributed by atoms with Crippen molar-refractivity contribution in [2.75, 3.05) is 5.01 Å². The number of hydrogen-bond acceptors (Lipinski definition) is 6. The van der Waals surface area contributed by atoms with Crippen molar-refractivity contribution < 1.29 is 14.0 Å². The molecule has 0 atom stereocenters. The molecule has 8 heteroatoms. The minimum absolute atomic E-state index is 0.227. The molecule has 0 saturated carbocycles. The monoisotopic (exact) mass is 479 g/mol. The Hall–Kier alpha value is -4.72. The van der Waals surface area contributed by atoms with Gasteiger partial charge in [0.15, 0.2) is 5.76 Å². The van der Waals surface area contributed by atoms with Crippen molar-refractivity contribution in [3.05, 3.63) is 113 Å². The number of hydrogen-bond donors (Lipinski definition) is 2. The van der Waals surface area contributed by atoms with Crippen LogP contribution in [0.15, 0.2) is 94.7 Å². The van der Waals surface area contributed by atoms with Gasteiger partial charge < -0.3 is 4.42 Å². The standard InChI is InChI=1S/C28H25N5O3/c1-19-25-23(30-31-27(34)20-10-9-17-29-18-20)15-8-16-24(25)36-26(19)28(35)32-33(21-11-4-2-5-12-21)22-13-6-3-7-14-22/h2-7,9-14,17-18H,8,15-16H2,1H3,(H,31,34)(H,32,35)/b30-23+. The number of pyridine rings is 1. The van der Waals surface area contributed by atoms with Gasteiger partial charge in [-0.05, 0) is 56.2 Å². The first-order valence-electron chi connectivity index (χ1n) is 11.7. The van der Waals surface area contributed by atoms with Crippen LogP contribution >= 0.6 is 0 Å². The topological polar surface area (TPSA) is 99.8 Å². The highest BCUT2D eigenvalue weighted by Crippen LogP contribution is 2.30. The summed E-state index contributed by atoms with van der Waals surface area (Å²) >= 11 is 0. The van der Waals surface area contributed by atoms with Crippen LogP contribution in [0.1, 0.15) is 50.6 Å². The lowest BCUT2D eigenvalue weighted by molar-refractivity contribution is 0.0921. The number of hydrazine groups is 1. The number of aryl methyl sites for hydroxylation is 1. The molecule has 0 radical (unpaired) electrons. The van der Waals surface area contributed by atoms with Crippen molar-refractivity contribution in [2.24, 2.45) is 5.10 Å². The molecule has 2 N–H and O–H groups in total. The smallest absolute Gasteiger partial charge is 0.306 e. The number of nitrogens with one attached hydrogen (secondary N) is 2. The van der Waals surface area contributed by atoms with E-state index in [4.69, 9.17) is 4.42 Å². The van der Waals surface area contributed by atoms with Crippen molar-refractivity contribution in [1.29, 1.82) is 0 Å². The van der Waals surface area contributed by atoms with Gasteiger partial charge in [-0.25, -0.2) is 5.43 Å². The molecule has 0 bridgehead atoms. The van der Waals surface area contributed by atoms with Crippen molar-refractivity contribution in [3.8, 4) is 0 Å². The molecule has 2 amide bonds. The number of nitrogens with zero attached hydrogens (tertiary/aromatic N) is 3. The number of hydrazone groups is 1. The number of amides is 2. The highest BCUT2D eigenvalue weighted by atomic mass is 16.4. The summed E-state index contributed by atoms with van der Waals surface area (Å²) in [6.07, 6.45) is 5.26. The van der Waals surface area contributed by atoms with Crippen LogP contribution in [-0.2, 0) is 6.42 Å². The van der Waals surface area contributed by atoms with Crippen molar-refractivity contribution in [2.45, 2.75) is 26.2 Å². The van der Waals surface area contributed by atoms with E-state index in [9.17, 15) is 9.59 Å². The van der Waals surface area contributed by atoms with E-state index in [2.05, 4.69) is 20.9 Å². The van der Waals surface area contributed by atoms with Gasteiger partial charge in [-0.2, -0.15) is 5.10 Å². The average Bonchev–Trinajstić information content (AvgIpc) is 3.28. The molecular weight excluding hydrogens is 454 g/mol. The van der Waals surface area contributed by atoms with Gasteiger partial charge in [0.2, 0.25) is 0 Å². The molecule has 8 nitrogen and oxygen atoms in total. The summed E-state index contributed by atoms with van der Waals surface area (Å²) in [5.74, 6) is 0.214. The van der Waals surface area contributed by atoms with Crippen LogP contribution in [0.5, 0.6) is 0 Å². The first kappa shape index (κ1) is 23.0. The molecule has 180 valence electrons. The van der Waals surface area contributed by atoms with Crippen LogP contribution in [0.25, 0.3) is 0 Å². The fraction of sp³-hybridized carbons (Fsp3) is 0.143. The SMILES string of the molecule is Cc1c(C(=O)NN(c2ccccc2)c2ccccc2)oc2c1/C(=N/NC(=O)c1cccnc1)CCC2. The Morgan fingerprint density at radius 1 is 0.917 bits per heavy atom. The molecule has 0 spiro atoms. The molecule has 0 saturated heterocycles. The summed E-state index contributed by atoms with van der Waals surface area (Å²) < 4.78 is 6.05. The average molecular weight is 480 g/mol. The molecule has 1 aliphatic rings. The number of carbonyl (C=O) groups excluding carboxylic acids is 2. The number of rotatable bonds is 6. The Labute approximate surface area is 208 Å². The quantitative estimate of drug-likeness (QED) is 0.382. The summed E-state index contributed by atoms with van der Waals surface area (Å²) in [4.78, 5) is 29.8. The van der Waals surface area contributed by atoms with Gasteiger partial charge in [0, 0.05) is 29.9 Å². The number of benzene rings is 2. The van der Waals surface area contributed by atoms with E-state index in [0.717, 1.165) is 23.4 Å². The van der Waals surface area contributed by atoms with Crippen LogP contribution in [-0.4, -0.2) is 22.5 Å². The van der Waals surface area contributed by atoms with Gasteiger partial charge in [-0.3, -0.25) is 25.0 Å². The van der Waals surface area contributed by atoms with Crippen molar-refractivity contribution in [1.82, 2.24) is 15.8 Å². The maximum Gasteiger partial charge on any atom is 0.306 e. The number of fused-ring (bicyclic) bond motifs is 1. The number of furan rings is 1. The van der Waals surface area contributed by atoms with Crippen LogP contribution in [0.2, 0.25) is 0 Å². The molecule has 0 aliphatic heterocycles. The van der Waals surface area contributed by atoms with Gasteiger partial charge in [0.25, 0.3) is 5.91 Å². The Bertz CT molecular complexity index is 1360. The highest BCUT2D eigenvalue weighted by Gasteiger charge is 2.29. The summed E-state index contributed by atoms with van der Waals surface area (Å²) in [5, 5.41) is 6.11. The van der Waals surface area contributed by atoms with Gasteiger partial charge in [0.05, 0.1) is 22.6 Å². The number of anilines is 2. The molecule has 2 aromatic heterocycles. The lowest BCUT2D eigenvalue weighted by Gasteiger charge is -2.25. The van der Waals surface area contributed by atoms with Gasteiger partial charge in [-0.15, -0.1) is 0 Å². The molecule has 5 rings (SSSR count). The molecule has 0 unspecified atom stereocenters. The van der Waals surface area contributed by atoms with Gasteiger partial charge in [-0.1, -0.05) is 36.4 Å². The van der Waals surface area contributed by atoms with E-state index < -0.39 is 0 Å². The van der Waals surface area contributed by atoms with Crippen LogP contribution < -0.4 is 15.9 Å². The zero-order valence-corrected chi connectivity index (χ0v) is 19.8. The van der Waals surface area contributed by atoms with E-state index in [-0.39, 0.29) is 17.6 Å². The fourth-order valence-electron chi connectivity index (χ4n) is 4.26. The first-order chi connectivity index (χ1) is 17.6. The van der Waals surface area contributed by atoms with Crippen LogP contribution in [0.3, 0.4) is 0 Å². The normalized spacial score (nSPS) is 13.6. The fourth-order valence-corrected chi connectivity index (χ4v) is 4.26. The zero-order chi connectivity index (χ0) is 24.9. The third kappa shape index (κ3) is 4.74. The first-order valence-corrected chi connectivity index (χ1v) is 11.7. The largest absolute Gasteiger partial charge is 0.455 e. The van der Waals surface area contributed by atoms with Crippen LogP contribution in [0, 0.1) is 6.92 Å². The molecule has 36 heavy (non-hydrogen) atoms. The Morgan fingerprint density at radius 3 is 2.25 bits per heavy atom. The summed E-state index contributed by atoms with van der Waals surface area (Å²) in [7, 11) is 0. The number of aromatic nitrogens is 1. The predicted octanol–water partition coefficient (Wildman–Crippen LogP) is 4.94. The second-order valence-corrected chi connectivity index (χ2v) is 8.40. The number of para-hydroxylation sites is 2. The molecule has 2 aromatic carbocycles. The zero-order valence-electron chi connectivity index (χ0n) is 19.8. The maximum absolute atomic E-state index is 13.4. The van der Waals surface area contributed by atoms with Crippen LogP contribution in [0.4, 0.5) is 11.4 Å². The molecule has 1 aliphatic carbocycles. The summed E-state index contributed by atoms with van der Waals surface area (Å²) in [6.45, 7) is 1.84. The van der Waals surface area contributed by atoms with E-state index in [1.807, 2.05) is 67.6 Å². The van der Waals surface area contributed by atoms with E-state index in [0.29, 0.717) is 35.4 Å². The second kappa shape index (κ2) is 10.3. The number of carbonyl (C=O) groups is 2. The van der Waals surface area contributed by atoms with Gasteiger partial charge in [0.1, 0.15) is 5.76 Å². The Balaban J connectivity index is 1.41.